The zero-order chi connectivity index (χ0) is 28.8. The van der Waals surface area contributed by atoms with Crippen LogP contribution in [-0.4, -0.2) is 80.6 Å². The highest BCUT2D eigenvalue weighted by Crippen LogP contribution is 2.32. The second kappa shape index (κ2) is 11.5. The average Bonchev–Trinajstić information content (AvgIpc) is 3.46. The molecule has 0 amide bonds. The Morgan fingerprint density at radius 3 is 1.31 bits per heavy atom. The fraction of sp³-hybridized carbons (Fsp3) is 0.294. The van der Waals surface area contributed by atoms with Crippen molar-refractivity contribution >= 4 is 66.8 Å². The van der Waals surface area contributed by atoms with E-state index >= 15 is 0 Å². The summed E-state index contributed by atoms with van der Waals surface area (Å²) in [6.45, 7) is 5.72. The number of rotatable bonds is 8. The first-order valence-corrected chi connectivity index (χ1v) is 15.3. The molecule has 0 bridgehead atoms. The van der Waals surface area contributed by atoms with Gasteiger partial charge in [-0.15, -0.1) is 0 Å². The van der Waals surface area contributed by atoms with Crippen LogP contribution in [0.3, 0.4) is 0 Å². The number of hydrogen-bond acceptors (Lipinski definition) is 4. The smallest absolute Gasteiger partial charge is 0.0845 e. The predicted molar refractivity (Wildman–Crippen MR) is 174 cm³/mol. The van der Waals surface area contributed by atoms with E-state index in [4.69, 9.17) is 23.2 Å². The van der Waals surface area contributed by atoms with E-state index in [1.807, 2.05) is 60.7 Å². The van der Waals surface area contributed by atoms with Crippen molar-refractivity contribution in [3.8, 4) is 0 Å². The van der Waals surface area contributed by atoms with E-state index in [-0.39, 0.29) is 0 Å². The number of piperazine rings is 1. The average molecular weight is 602 g/mol. The van der Waals surface area contributed by atoms with Crippen LogP contribution in [0.25, 0.3) is 43.6 Å². The van der Waals surface area contributed by atoms with Gasteiger partial charge in [-0.25, -0.2) is 0 Å². The summed E-state index contributed by atoms with van der Waals surface area (Å²) in [5.74, 6) is 0. The van der Waals surface area contributed by atoms with Crippen LogP contribution in [0.15, 0.2) is 84.9 Å². The summed E-state index contributed by atoms with van der Waals surface area (Å²) < 4.78 is 4.42. The summed E-state index contributed by atoms with van der Waals surface area (Å²) in [5, 5.41) is 28.2. The molecule has 6 aromatic rings. The molecule has 0 aliphatic carbocycles. The van der Waals surface area contributed by atoms with Crippen LogP contribution in [-0.2, 0) is 13.1 Å². The molecule has 7 rings (SSSR count). The van der Waals surface area contributed by atoms with Crippen LogP contribution in [0, 0.1) is 0 Å². The summed E-state index contributed by atoms with van der Waals surface area (Å²) in [5.41, 5.74) is 4.40. The molecule has 3 heterocycles. The van der Waals surface area contributed by atoms with Crippen molar-refractivity contribution in [3.63, 3.8) is 0 Å². The van der Waals surface area contributed by atoms with Gasteiger partial charge in [0.15, 0.2) is 0 Å². The van der Waals surface area contributed by atoms with E-state index < -0.39 is 12.2 Å². The van der Waals surface area contributed by atoms with E-state index in [2.05, 4.69) is 43.2 Å². The number of benzene rings is 4. The monoisotopic (exact) mass is 600 g/mol. The topological polar surface area (TPSA) is 56.8 Å². The largest absolute Gasteiger partial charge is 0.390 e. The summed E-state index contributed by atoms with van der Waals surface area (Å²) in [6, 6.07) is 28.5. The van der Waals surface area contributed by atoms with E-state index in [9.17, 15) is 10.2 Å². The van der Waals surface area contributed by atoms with Gasteiger partial charge in [-0.2, -0.15) is 0 Å². The molecule has 1 fully saturated rings. The van der Waals surface area contributed by atoms with Crippen LogP contribution < -0.4 is 0 Å². The van der Waals surface area contributed by atoms with Crippen molar-refractivity contribution in [1.29, 1.82) is 0 Å². The maximum absolute atomic E-state index is 11.1. The van der Waals surface area contributed by atoms with E-state index in [1.54, 1.807) is 0 Å². The Morgan fingerprint density at radius 2 is 0.881 bits per heavy atom. The van der Waals surface area contributed by atoms with Gasteiger partial charge >= 0.3 is 0 Å². The van der Waals surface area contributed by atoms with E-state index in [0.29, 0.717) is 36.2 Å². The maximum atomic E-state index is 11.1. The van der Waals surface area contributed by atoms with Gasteiger partial charge in [-0.1, -0.05) is 59.6 Å². The van der Waals surface area contributed by atoms with Crippen LogP contribution in [0.2, 0.25) is 10.0 Å². The Bertz CT molecular complexity index is 1750. The molecule has 0 saturated carbocycles. The lowest BCUT2D eigenvalue weighted by molar-refractivity contribution is 0.0415. The normalized spacial score (nSPS) is 16.7. The Balaban J connectivity index is 0.973. The molecule has 0 radical (unpaired) electrons. The number of β-amino-alcohol motifs (C(OH)–C–C–N with tert-alkyl or cyclic N) is 2. The molecular formula is C34H34Cl2N4O2. The molecule has 1 aliphatic heterocycles. The van der Waals surface area contributed by atoms with E-state index in [1.165, 1.54) is 0 Å². The molecule has 6 nitrogen and oxygen atoms in total. The maximum Gasteiger partial charge on any atom is 0.0845 e. The number of halogens is 2. The zero-order valence-electron chi connectivity index (χ0n) is 23.3. The highest BCUT2D eigenvalue weighted by molar-refractivity contribution is 6.32. The molecule has 2 aromatic heterocycles. The summed E-state index contributed by atoms with van der Waals surface area (Å²) in [7, 11) is 0. The molecule has 216 valence electrons. The highest BCUT2D eigenvalue weighted by atomic mass is 35.5. The number of para-hydroxylation sites is 2. The third-order valence-corrected chi connectivity index (χ3v) is 9.13. The SMILES string of the molecule is OC(CN1CCN(CC(O)Cn2c3ccccc3c3cc(Cl)ccc32)CC1)Cn1c2ccccc2c2cc(Cl)ccc21. The third-order valence-electron chi connectivity index (χ3n) is 8.66. The molecule has 8 heteroatoms. The summed E-state index contributed by atoms with van der Waals surface area (Å²) in [6.07, 6.45) is -0.999. The minimum Gasteiger partial charge on any atom is -0.390 e. The molecular weight excluding hydrogens is 567 g/mol. The second-order valence-corrected chi connectivity index (χ2v) is 12.4. The first kappa shape index (κ1) is 27.7. The van der Waals surface area contributed by atoms with Crippen molar-refractivity contribution in [2.45, 2.75) is 25.3 Å². The molecule has 1 saturated heterocycles. The van der Waals surface area contributed by atoms with Gasteiger partial charge in [0, 0.05) is 92.9 Å². The van der Waals surface area contributed by atoms with Crippen LogP contribution >= 0.6 is 23.2 Å². The first-order chi connectivity index (χ1) is 20.4. The van der Waals surface area contributed by atoms with Crippen molar-refractivity contribution in [3.05, 3.63) is 95.0 Å². The van der Waals surface area contributed by atoms with Gasteiger partial charge in [0.2, 0.25) is 0 Å². The quantitative estimate of drug-likeness (QED) is 0.217. The molecule has 1 aliphatic rings. The molecule has 4 aromatic carbocycles. The number of nitrogens with zero attached hydrogens (tertiary/aromatic N) is 4. The zero-order valence-corrected chi connectivity index (χ0v) is 24.8. The van der Waals surface area contributed by atoms with Gasteiger partial charge < -0.3 is 19.3 Å². The van der Waals surface area contributed by atoms with Crippen LogP contribution in [0.1, 0.15) is 0 Å². The predicted octanol–water partition coefficient (Wildman–Crippen LogP) is 6.25. The van der Waals surface area contributed by atoms with Gasteiger partial charge in [0.1, 0.15) is 0 Å². The number of aliphatic hydroxyl groups excluding tert-OH is 2. The number of aromatic nitrogens is 2. The lowest BCUT2D eigenvalue weighted by Gasteiger charge is -2.36. The van der Waals surface area contributed by atoms with Crippen LogP contribution in [0.4, 0.5) is 0 Å². The molecule has 0 spiro atoms. The highest BCUT2D eigenvalue weighted by Gasteiger charge is 2.23. The van der Waals surface area contributed by atoms with Crippen molar-refractivity contribution in [2.24, 2.45) is 0 Å². The Hall–Kier alpha value is -3.10. The minimum atomic E-state index is -0.499. The summed E-state index contributed by atoms with van der Waals surface area (Å²) >= 11 is 12.6. The molecule has 2 N–H and O–H groups in total. The number of hydrogen-bond donors (Lipinski definition) is 2. The van der Waals surface area contributed by atoms with Crippen molar-refractivity contribution < 1.29 is 10.2 Å². The van der Waals surface area contributed by atoms with E-state index in [0.717, 1.165) is 69.8 Å². The lowest BCUT2D eigenvalue weighted by Crippen LogP contribution is -2.50. The molecule has 42 heavy (non-hydrogen) atoms. The standard InChI is InChI=1S/C34H34Cl2N4O2/c35-23-9-11-33-29(17-23)27-5-1-3-7-31(27)39(33)21-25(41)19-37-13-15-38(16-14-37)20-26(42)22-40-32-8-4-2-6-28(32)30-18-24(36)10-12-34(30)40/h1-12,17-18,25-26,41-42H,13-16,19-22H2. The van der Waals surface area contributed by atoms with Gasteiger partial charge in [0.05, 0.1) is 25.3 Å². The molecule has 2 unspecified atom stereocenters. The Kier molecular flexibility index (Phi) is 7.61. The van der Waals surface area contributed by atoms with Gasteiger partial charge in [-0.05, 0) is 48.5 Å². The second-order valence-electron chi connectivity index (χ2n) is 11.5. The number of aliphatic hydroxyl groups is 2. The van der Waals surface area contributed by atoms with Crippen molar-refractivity contribution in [1.82, 2.24) is 18.9 Å². The fourth-order valence-corrected chi connectivity index (χ4v) is 7.08. The van der Waals surface area contributed by atoms with Gasteiger partial charge in [-0.3, -0.25) is 9.80 Å². The summed E-state index contributed by atoms with van der Waals surface area (Å²) in [4.78, 5) is 4.66. The Labute approximate surface area is 254 Å². The van der Waals surface area contributed by atoms with Crippen molar-refractivity contribution in [2.75, 3.05) is 39.3 Å². The Morgan fingerprint density at radius 1 is 0.500 bits per heavy atom. The minimum absolute atomic E-state index is 0.499. The number of fused-ring (bicyclic) bond motifs is 6. The fourth-order valence-electron chi connectivity index (χ4n) is 6.73. The van der Waals surface area contributed by atoms with Gasteiger partial charge in [0.25, 0.3) is 0 Å². The first-order valence-electron chi connectivity index (χ1n) is 14.6. The van der Waals surface area contributed by atoms with Crippen LogP contribution in [0.5, 0.6) is 0 Å². The lowest BCUT2D eigenvalue weighted by atomic mass is 10.2. The third kappa shape index (κ3) is 5.28. The molecule has 2 atom stereocenters.